The molecule has 0 N–H and O–H groups in total. The quantitative estimate of drug-likeness (QED) is 0.0345. The summed E-state index contributed by atoms with van der Waals surface area (Å²) in [6, 6.07) is 0. The van der Waals surface area contributed by atoms with E-state index in [2.05, 4.69) is 93.7 Å². The normalized spacial score (nSPS) is 12.7. The SMILES string of the molecule is CC/C=C\C/C=C\C/C=C\CCCCCCCCCC(=O)OCC(COCCCCCCCCCC/C=C\C/C=C\CCCCC)OC(=O)CCCCCCCCC/C=C\CCCCCCCC. The highest BCUT2D eigenvalue weighted by atomic mass is 16.6. The Morgan fingerprint density at radius 2 is 0.662 bits per heavy atom. The van der Waals surface area contributed by atoms with Crippen molar-refractivity contribution in [1.82, 2.24) is 0 Å². The molecule has 5 nitrogen and oxygen atoms in total. The lowest BCUT2D eigenvalue weighted by Crippen LogP contribution is -2.30. The largest absolute Gasteiger partial charge is 0.462 e. The third kappa shape index (κ3) is 55.9. The van der Waals surface area contributed by atoms with Crippen molar-refractivity contribution < 1.29 is 23.8 Å². The van der Waals surface area contributed by atoms with Gasteiger partial charge in [-0.1, -0.05) is 241 Å². The summed E-state index contributed by atoms with van der Waals surface area (Å²) < 4.78 is 17.5. The molecule has 0 aromatic heterocycles. The van der Waals surface area contributed by atoms with Crippen molar-refractivity contribution in [3.05, 3.63) is 72.9 Å². The number of carbonyl (C=O) groups excluding carboxylic acids is 2. The van der Waals surface area contributed by atoms with E-state index in [4.69, 9.17) is 14.2 Å². The fourth-order valence-corrected chi connectivity index (χ4v) is 8.32. The number of carbonyl (C=O) groups is 2. The van der Waals surface area contributed by atoms with Crippen LogP contribution >= 0.6 is 0 Å². The predicted octanol–water partition coefficient (Wildman–Crippen LogP) is 20.2. The Morgan fingerprint density at radius 3 is 1.10 bits per heavy atom. The minimum atomic E-state index is -0.549. The Morgan fingerprint density at radius 1 is 0.338 bits per heavy atom. The number of unbranched alkanes of at least 4 members (excludes halogenated alkanes) is 31. The number of rotatable bonds is 54. The second-order valence-corrected chi connectivity index (χ2v) is 19.5. The van der Waals surface area contributed by atoms with E-state index in [9.17, 15) is 9.59 Å². The first-order valence-electron chi connectivity index (χ1n) is 29.5. The van der Waals surface area contributed by atoms with Crippen LogP contribution in [0.25, 0.3) is 0 Å². The van der Waals surface area contributed by atoms with E-state index in [1.165, 1.54) is 173 Å². The van der Waals surface area contributed by atoms with Gasteiger partial charge in [0.15, 0.2) is 6.10 Å². The average molecular weight is 950 g/mol. The van der Waals surface area contributed by atoms with E-state index in [-0.39, 0.29) is 25.2 Å². The van der Waals surface area contributed by atoms with E-state index in [1.807, 2.05) is 0 Å². The first kappa shape index (κ1) is 65.3. The molecule has 0 saturated carbocycles. The van der Waals surface area contributed by atoms with Gasteiger partial charge in [-0.2, -0.15) is 0 Å². The fraction of sp³-hybridized carbons (Fsp3) is 0.778. The van der Waals surface area contributed by atoms with Crippen LogP contribution in [-0.2, 0) is 23.8 Å². The minimum absolute atomic E-state index is 0.0752. The summed E-state index contributed by atoms with van der Waals surface area (Å²) in [5, 5.41) is 0. The molecular formula is C63H112O5. The van der Waals surface area contributed by atoms with Crippen molar-refractivity contribution in [3.8, 4) is 0 Å². The summed E-state index contributed by atoms with van der Waals surface area (Å²) in [5.41, 5.74) is 0. The lowest BCUT2D eigenvalue weighted by Gasteiger charge is -2.18. The molecule has 1 unspecified atom stereocenters. The average Bonchev–Trinajstić information content (AvgIpc) is 3.34. The summed E-state index contributed by atoms with van der Waals surface area (Å²) in [6.07, 6.45) is 76.3. The zero-order valence-corrected chi connectivity index (χ0v) is 45.4. The first-order valence-corrected chi connectivity index (χ1v) is 29.5. The van der Waals surface area contributed by atoms with Crippen molar-refractivity contribution in [3.63, 3.8) is 0 Å². The molecule has 0 aliphatic rings. The maximum atomic E-state index is 12.9. The number of allylic oxidation sites excluding steroid dienone is 12. The maximum Gasteiger partial charge on any atom is 0.306 e. The van der Waals surface area contributed by atoms with Gasteiger partial charge >= 0.3 is 11.9 Å². The van der Waals surface area contributed by atoms with E-state index >= 15 is 0 Å². The van der Waals surface area contributed by atoms with Crippen LogP contribution in [0.4, 0.5) is 0 Å². The molecule has 0 rings (SSSR count). The summed E-state index contributed by atoms with van der Waals surface area (Å²) in [5.74, 6) is -0.408. The molecule has 0 spiro atoms. The summed E-state index contributed by atoms with van der Waals surface area (Å²) in [6.45, 7) is 7.70. The van der Waals surface area contributed by atoms with Crippen LogP contribution in [0.1, 0.15) is 290 Å². The number of hydrogen-bond acceptors (Lipinski definition) is 5. The van der Waals surface area contributed by atoms with E-state index in [0.717, 1.165) is 83.5 Å². The molecule has 394 valence electrons. The number of hydrogen-bond donors (Lipinski definition) is 0. The molecule has 0 aromatic carbocycles. The second-order valence-electron chi connectivity index (χ2n) is 19.5. The van der Waals surface area contributed by atoms with Crippen LogP contribution in [0.15, 0.2) is 72.9 Å². The van der Waals surface area contributed by atoms with Gasteiger partial charge in [0.1, 0.15) is 6.61 Å². The molecule has 0 aliphatic heterocycles. The Bertz CT molecular complexity index is 1210. The molecule has 0 aliphatic carbocycles. The van der Waals surface area contributed by atoms with Crippen LogP contribution < -0.4 is 0 Å². The first-order chi connectivity index (χ1) is 33.6. The highest BCUT2D eigenvalue weighted by Crippen LogP contribution is 2.15. The topological polar surface area (TPSA) is 61.8 Å². The van der Waals surface area contributed by atoms with Gasteiger partial charge in [-0.15, -0.1) is 0 Å². The zero-order chi connectivity index (χ0) is 49.2. The lowest BCUT2D eigenvalue weighted by molar-refractivity contribution is -0.163. The van der Waals surface area contributed by atoms with E-state index < -0.39 is 6.10 Å². The van der Waals surface area contributed by atoms with Crippen LogP contribution in [0.3, 0.4) is 0 Å². The smallest absolute Gasteiger partial charge is 0.306 e. The van der Waals surface area contributed by atoms with Gasteiger partial charge in [0.05, 0.1) is 6.61 Å². The third-order valence-corrected chi connectivity index (χ3v) is 12.7. The Kier molecular flexibility index (Phi) is 56.4. The standard InChI is InChI=1S/C63H112O5/c1-4-7-10-13-16-19-22-25-28-31-34-37-40-43-46-49-52-55-58-66-59-61(68-63(65)57-54-51-48-45-42-39-36-33-30-27-24-21-18-15-12-9-6-3)60-67-62(64)56-53-50-47-44-41-38-35-32-29-26-23-20-17-14-11-8-5-2/h8,11,16-17,19-20,25-30,61H,4-7,9-10,12-15,18,21-24,31-60H2,1-3H3/b11-8-,19-16-,20-17-,28-25-,29-26-,30-27-. The summed E-state index contributed by atoms with van der Waals surface area (Å²) in [7, 11) is 0. The van der Waals surface area contributed by atoms with Crippen LogP contribution in [0.2, 0.25) is 0 Å². The molecule has 0 amide bonds. The van der Waals surface area contributed by atoms with Gasteiger partial charge in [-0.25, -0.2) is 0 Å². The highest BCUT2D eigenvalue weighted by Gasteiger charge is 2.17. The molecule has 0 radical (unpaired) electrons. The molecule has 1 atom stereocenters. The van der Waals surface area contributed by atoms with Crippen LogP contribution in [-0.4, -0.2) is 37.9 Å². The van der Waals surface area contributed by atoms with Gasteiger partial charge in [-0.05, 0) is 109 Å². The molecule has 0 fully saturated rings. The number of ether oxygens (including phenoxy) is 3. The Labute approximate surface area is 423 Å². The van der Waals surface area contributed by atoms with Crippen molar-refractivity contribution in [1.29, 1.82) is 0 Å². The predicted molar refractivity (Wildman–Crippen MR) is 297 cm³/mol. The molecular weight excluding hydrogens is 837 g/mol. The van der Waals surface area contributed by atoms with Crippen molar-refractivity contribution >= 4 is 11.9 Å². The monoisotopic (exact) mass is 949 g/mol. The number of esters is 2. The summed E-state index contributed by atoms with van der Waals surface area (Å²) in [4.78, 5) is 25.5. The maximum absolute atomic E-state index is 12.9. The second kappa shape index (κ2) is 58.7. The van der Waals surface area contributed by atoms with E-state index in [0.29, 0.717) is 19.4 Å². The van der Waals surface area contributed by atoms with Crippen molar-refractivity contribution in [2.45, 2.75) is 297 Å². The molecule has 5 heteroatoms. The van der Waals surface area contributed by atoms with Gasteiger partial charge in [0, 0.05) is 19.4 Å². The lowest BCUT2D eigenvalue weighted by atomic mass is 10.1. The Balaban J connectivity index is 4.30. The van der Waals surface area contributed by atoms with Gasteiger partial charge < -0.3 is 14.2 Å². The minimum Gasteiger partial charge on any atom is -0.462 e. The van der Waals surface area contributed by atoms with Gasteiger partial charge in [0.25, 0.3) is 0 Å². The van der Waals surface area contributed by atoms with Crippen molar-refractivity contribution in [2.75, 3.05) is 19.8 Å². The Hall–Kier alpha value is -2.66. The molecule has 0 bridgehead atoms. The fourth-order valence-electron chi connectivity index (χ4n) is 8.32. The molecule has 0 heterocycles. The van der Waals surface area contributed by atoms with Gasteiger partial charge in [-0.3, -0.25) is 9.59 Å². The molecule has 68 heavy (non-hydrogen) atoms. The molecule has 0 aromatic rings. The van der Waals surface area contributed by atoms with Crippen LogP contribution in [0, 0.1) is 0 Å². The molecule has 0 saturated heterocycles. The zero-order valence-electron chi connectivity index (χ0n) is 45.4. The summed E-state index contributed by atoms with van der Waals surface area (Å²) >= 11 is 0. The highest BCUT2D eigenvalue weighted by molar-refractivity contribution is 5.70. The van der Waals surface area contributed by atoms with E-state index in [1.54, 1.807) is 0 Å². The van der Waals surface area contributed by atoms with Gasteiger partial charge in [0.2, 0.25) is 0 Å². The van der Waals surface area contributed by atoms with Crippen LogP contribution in [0.5, 0.6) is 0 Å². The third-order valence-electron chi connectivity index (χ3n) is 12.7. The van der Waals surface area contributed by atoms with Crippen molar-refractivity contribution in [2.24, 2.45) is 0 Å².